The Kier molecular flexibility index (Phi) is 4.26. The summed E-state index contributed by atoms with van der Waals surface area (Å²) in [5.74, 6) is 0. The molecule has 1 unspecified atom stereocenters. The molecule has 0 bridgehead atoms. The van der Waals surface area contributed by atoms with Crippen molar-refractivity contribution in [2.24, 2.45) is 5.41 Å². The van der Waals surface area contributed by atoms with Gasteiger partial charge >= 0.3 is 0 Å². The lowest BCUT2D eigenvalue weighted by atomic mass is 10.0. The molecule has 1 saturated carbocycles. The van der Waals surface area contributed by atoms with Gasteiger partial charge in [-0.3, -0.25) is 0 Å². The van der Waals surface area contributed by atoms with E-state index in [1.165, 1.54) is 31.4 Å². The molecule has 2 heteroatoms. The highest BCUT2D eigenvalue weighted by Crippen LogP contribution is 2.48. The van der Waals surface area contributed by atoms with Crippen LogP contribution in [0.2, 0.25) is 0 Å². The van der Waals surface area contributed by atoms with Gasteiger partial charge < -0.3 is 5.32 Å². The van der Waals surface area contributed by atoms with Gasteiger partial charge in [-0.15, -0.1) is 0 Å². The van der Waals surface area contributed by atoms with E-state index < -0.39 is 0 Å². The highest BCUT2D eigenvalue weighted by molar-refractivity contribution is 9.10. The van der Waals surface area contributed by atoms with Crippen molar-refractivity contribution in [2.45, 2.75) is 45.6 Å². The van der Waals surface area contributed by atoms with Gasteiger partial charge in [0.25, 0.3) is 0 Å². The zero-order chi connectivity index (χ0) is 12.3. The number of rotatable bonds is 6. The highest BCUT2D eigenvalue weighted by atomic mass is 79.9. The minimum atomic E-state index is 0.507. The van der Waals surface area contributed by atoms with Crippen molar-refractivity contribution in [3.05, 3.63) is 34.3 Å². The second-order valence-corrected chi connectivity index (χ2v) is 6.16. The van der Waals surface area contributed by atoms with Gasteiger partial charge in [-0.2, -0.15) is 0 Å². The van der Waals surface area contributed by atoms with Crippen LogP contribution in [0.4, 0.5) is 0 Å². The van der Waals surface area contributed by atoms with Crippen molar-refractivity contribution in [2.75, 3.05) is 6.54 Å². The summed E-state index contributed by atoms with van der Waals surface area (Å²) < 4.78 is 1.16. The first-order valence-electron chi connectivity index (χ1n) is 6.68. The molecular weight excluding hydrogens is 274 g/mol. The van der Waals surface area contributed by atoms with Crippen LogP contribution >= 0.6 is 15.9 Å². The third-order valence-electron chi connectivity index (χ3n) is 4.11. The molecule has 0 radical (unpaired) electrons. The molecule has 0 heterocycles. The summed E-state index contributed by atoms with van der Waals surface area (Å²) in [5.41, 5.74) is 2.03. The molecule has 1 aliphatic carbocycles. The second kappa shape index (κ2) is 5.53. The third-order valence-corrected chi connectivity index (χ3v) is 4.64. The van der Waals surface area contributed by atoms with E-state index in [0.717, 1.165) is 10.9 Å². The normalized spacial score (nSPS) is 19.0. The van der Waals surface area contributed by atoms with E-state index in [1.54, 1.807) is 0 Å². The van der Waals surface area contributed by atoms with Crippen LogP contribution in [0.15, 0.2) is 28.7 Å². The zero-order valence-corrected chi connectivity index (χ0v) is 12.4. The maximum absolute atomic E-state index is 3.74. The van der Waals surface area contributed by atoms with Crippen molar-refractivity contribution in [3.63, 3.8) is 0 Å². The molecule has 0 aliphatic heterocycles. The first kappa shape index (κ1) is 13.1. The van der Waals surface area contributed by atoms with E-state index in [0.29, 0.717) is 11.5 Å². The molecule has 1 fully saturated rings. The lowest BCUT2D eigenvalue weighted by Crippen LogP contribution is -2.27. The summed E-state index contributed by atoms with van der Waals surface area (Å²) in [4.78, 5) is 0. The first-order chi connectivity index (χ1) is 8.19. The van der Waals surface area contributed by atoms with Crippen molar-refractivity contribution >= 4 is 15.9 Å². The van der Waals surface area contributed by atoms with E-state index in [-0.39, 0.29) is 0 Å². The Morgan fingerprint density at radius 3 is 2.35 bits per heavy atom. The van der Waals surface area contributed by atoms with E-state index in [1.807, 2.05) is 0 Å². The van der Waals surface area contributed by atoms with Crippen molar-refractivity contribution in [3.8, 4) is 0 Å². The molecule has 1 aromatic carbocycles. The van der Waals surface area contributed by atoms with Crippen molar-refractivity contribution in [1.29, 1.82) is 0 Å². The molecule has 0 spiro atoms. The maximum Gasteiger partial charge on any atom is 0.0317 e. The van der Waals surface area contributed by atoms with Crippen LogP contribution in [0.1, 0.15) is 51.1 Å². The van der Waals surface area contributed by atoms with Gasteiger partial charge in [0, 0.05) is 17.1 Å². The molecule has 1 aromatic rings. The van der Waals surface area contributed by atoms with E-state index in [4.69, 9.17) is 0 Å². The van der Waals surface area contributed by atoms with Gasteiger partial charge in [0.15, 0.2) is 0 Å². The molecule has 2 rings (SSSR count). The molecule has 1 atom stereocenters. The standard InChI is InChI=1S/C15H22BrN/c1-3-14(12-5-7-13(16)8-6-12)17-11-15(4-2)9-10-15/h5-8,14,17H,3-4,9-11H2,1-2H3. The van der Waals surface area contributed by atoms with Gasteiger partial charge in [0.05, 0.1) is 0 Å². The molecule has 1 nitrogen and oxygen atoms in total. The van der Waals surface area contributed by atoms with Crippen LogP contribution in [0.25, 0.3) is 0 Å². The smallest absolute Gasteiger partial charge is 0.0317 e. The van der Waals surface area contributed by atoms with Crippen LogP contribution in [-0.2, 0) is 0 Å². The Morgan fingerprint density at radius 1 is 1.24 bits per heavy atom. The molecule has 0 aromatic heterocycles. The minimum absolute atomic E-state index is 0.507. The number of nitrogens with one attached hydrogen (secondary N) is 1. The van der Waals surface area contributed by atoms with E-state index in [9.17, 15) is 0 Å². The molecule has 0 amide bonds. The number of benzene rings is 1. The van der Waals surface area contributed by atoms with Crippen LogP contribution in [0, 0.1) is 5.41 Å². The summed E-state index contributed by atoms with van der Waals surface area (Å²) in [6.07, 6.45) is 5.29. The Bertz CT molecular complexity index is 354. The summed E-state index contributed by atoms with van der Waals surface area (Å²) in [6, 6.07) is 9.21. The average molecular weight is 296 g/mol. The number of halogens is 1. The zero-order valence-electron chi connectivity index (χ0n) is 10.8. The molecule has 94 valence electrons. The minimum Gasteiger partial charge on any atom is -0.309 e. The largest absolute Gasteiger partial charge is 0.309 e. The Hall–Kier alpha value is -0.340. The summed E-state index contributed by atoms with van der Waals surface area (Å²) >= 11 is 3.49. The fraction of sp³-hybridized carbons (Fsp3) is 0.600. The fourth-order valence-corrected chi connectivity index (χ4v) is 2.63. The SMILES string of the molecule is CCC(NCC1(CC)CC1)c1ccc(Br)cc1. The van der Waals surface area contributed by atoms with Gasteiger partial charge in [-0.1, -0.05) is 41.9 Å². The van der Waals surface area contributed by atoms with E-state index >= 15 is 0 Å². The van der Waals surface area contributed by atoms with Crippen LogP contribution in [-0.4, -0.2) is 6.54 Å². The highest BCUT2D eigenvalue weighted by Gasteiger charge is 2.40. The topological polar surface area (TPSA) is 12.0 Å². The van der Waals surface area contributed by atoms with Crippen molar-refractivity contribution < 1.29 is 0 Å². The Balaban J connectivity index is 1.94. The average Bonchev–Trinajstić information content (AvgIpc) is 3.13. The number of hydrogen-bond acceptors (Lipinski definition) is 1. The molecule has 1 N–H and O–H groups in total. The monoisotopic (exact) mass is 295 g/mol. The predicted octanol–water partition coefficient (Wildman–Crippen LogP) is 4.68. The third kappa shape index (κ3) is 3.32. The van der Waals surface area contributed by atoms with Crippen molar-refractivity contribution in [1.82, 2.24) is 5.32 Å². The lowest BCUT2D eigenvalue weighted by Gasteiger charge is -2.21. The Morgan fingerprint density at radius 2 is 1.88 bits per heavy atom. The van der Waals surface area contributed by atoms with Crippen LogP contribution in [0.5, 0.6) is 0 Å². The van der Waals surface area contributed by atoms with Gasteiger partial charge in [0.1, 0.15) is 0 Å². The molecule has 0 saturated heterocycles. The van der Waals surface area contributed by atoms with Gasteiger partial charge in [-0.25, -0.2) is 0 Å². The summed E-state index contributed by atoms with van der Waals surface area (Å²) in [5, 5.41) is 3.74. The van der Waals surface area contributed by atoms with Gasteiger partial charge in [-0.05, 0) is 48.8 Å². The van der Waals surface area contributed by atoms with Gasteiger partial charge in [0.2, 0.25) is 0 Å². The fourth-order valence-electron chi connectivity index (χ4n) is 2.36. The summed E-state index contributed by atoms with van der Waals surface area (Å²) in [7, 11) is 0. The van der Waals surface area contributed by atoms with Crippen LogP contribution < -0.4 is 5.32 Å². The maximum atomic E-state index is 3.74. The first-order valence-corrected chi connectivity index (χ1v) is 7.47. The molecule has 1 aliphatic rings. The van der Waals surface area contributed by atoms with E-state index in [2.05, 4.69) is 59.4 Å². The molecular formula is C15H22BrN. The quantitative estimate of drug-likeness (QED) is 0.803. The summed E-state index contributed by atoms with van der Waals surface area (Å²) in [6.45, 7) is 5.75. The predicted molar refractivity (Wildman–Crippen MR) is 77.1 cm³/mol. The van der Waals surface area contributed by atoms with Crippen LogP contribution in [0.3, 0.4) is 0 Å². The second-order valence-electron chi connectivity index (χ2n) is 5.25. The lowest BCUT2D eigenvalue weighted by molar-refractivity contribution is 0.399. The Labute approximate surface area is 113 Å². The number of hydrogen-bond donors (Lipinski definition) is 1. The molecule has 17 heavy (non-hydrogen) atoms.